The van der Waals surface area contributed by atoms with Gasteiger partial charge in [-0.05, 0) is 33.5 Å². The Balaban J connectivity index is 2.45. The molecule has 1 heterocycles. The van der Waals surface area contributed by atoms with Crippen molar-refractivity contribution in [3.05, 3.63) is 0 Å². The van der Waals surface area contributed by atoms with Gasteiger partial charge in [-0.2, -0.15) is 5.26 Å². The van der Waals surface area contributed by atoms with Crippen LogP contribution in [-0.2, 0) is 0 Å². The van der Waals surface area contributed by atoms with Gasteiger partial charge >= 0.3 is 0 Å². The predicted molar refractivity (Wildman–Crippen MR) is 48.7 cm³/mol. The molecule has 1 saturated heterocycles. The molecule has 1 rings (SSSR count). The van der Waals surface area contributed by atoms with Crippen molar-refractivity contribution in [3.63, 3.8) is 0 Å². The highest BCUT2D eigenvalue weighted by Crippen LogP contribution is 2.17. The molecular weight excluding hydrogens is 150 g/mol. The van der Waals surface area contributed by atoms with Crippen molar-refractivity contribution in [3.8, 4) is 6.07 Å². The minimum atomic E-state index is 0.0350. The van der Waals surface area contributed by atoms with Crippen molar-refractivity contribution < 1.29 is 0 Å². The summed E-state index contributed by atoms with van der Waals surface area (Å²) >= 11 is 0. The molecule has 0 aromatic heterocycles. The number of nitriles is 1. The van der Waals surface area contributed by atoms with E-state index in [1.54, 1.807) is 0 Å². The summed E-state index contributed by atoms with van der Waals surface area (Å²) in [5, 5.41) is 11.9. The number of likely N-dealkylation sites (tertiary alicyclic amines) is 1. The van der Waals surface area contributed by atoms with Crippen molar-refractivity contribution >= 4 is 0 Å². The molecule has 0 amide bonds. The van der Waals surface area contributed by atoms with Gasteiger partial charge in [0, 0.05) is 12.5 Å². The van der Waals surface area contributed by atoms with E-state index in [1.165, 1.54) is 19.4 Å². The molecule has 3 nitrogen and oxygen atoms in total. The van der Waals surface area contributed by atoms with Gasteiger partial charge in [-0.15, -0.1) is 0 Å². The maximum atomic E-state index is 8.83. The van der Waals surface area contributed by atoms with Crippen LogP contribution in [0.2, 0.25) is 0 Å². The Morgan fingerprint density at radius 2 is 2.42 bits per heavy atom. The fourth-order valence-electron chi connectivity index (χ4n) is 1.88. The van der Waals surface area contributed by atoms with Gasteiger partial charge in [0.1, 0.15) is 0 Å². The molecule has 0 radical (unpaired) electrons. The van der Waals surface area contributed by atoms with Gasteiger partial charge in [0.15, 0.2) is 0 Å². The highest BCUT2D eigenvalue weighted by atomic mass is 15.1. The van der Waals surface area contributed by atoms with Crippen molar-refractivity contribution in [1.82, 2.24) is 10.2 Å². The first kappa shape index (κ1) is 9.50. The number of nitrogens with one attached hydrogen (secondary N) is 1. The van der Waals surface area contributed by atoms with Crippen molar-refractivity contribution in [1.29, 1.82) is 5.26 Å². The predicted octanol–water partition coefficient (Wildman–Crippen LogP) is 0.440. The van der Waals surface area contributed by atoms with Gasteiger partial charge in [0.25, 0.3) is 0 Å². The quantitative estimate of drug-likeness (QED) is 0.648. The third-order valence-electron chi connectivity index (χ3n) is 2.58. The molecule has 0 bridgehead atoms. The highest BCUT2D eigenvalue weighted by Gasteiger charge is 2.24. The fraction of sp³-hybridized carbons (Fsp3) is 0.889. The van der Waals surface area contributed by atoms with E-state index in [0.29, 0.717) is 5.92 Å². The summed E-state index contributed by atoms with van der Waals surface area (Å²) in [7, 11) is 3.98. The maximum Gasteiger partial charge on any atom is 0.0991 e. The zero-order valence-electron chi connectivity index (χ0n) is 7.88. The first-order valence-electron chi connectivity index (χ1n) is 4.53. The Labute approximate surface area is 74.4 Å². The van der Waals surface area contributed by atoms with E-state index in [1.807, 2.05) is 7.05 Å². The summed E-state index contributed by atoms with van der Waals surface area (Å²) < 4.78 is 0. The Hall–Kier alpha value is -0.590. The summed E-state index contributed by atoms with van der Waals surface area (Å²) in [6.45, 7) is 2.23. The van der Waals surface area contributed by atoms with Crippen LogP contribution in [0.5, 0.6) is 0 Å². The molecule has 0 aromatic carbocycles. The fourth-order valence-corrected chi connectivity index (χ4v) is 1.88. The van der Waals surface area contributed by atoms with Gasteiger partial charge < -0.3 is 10.2 Å². The standard InChI is InChI=1S/C9H17N3/c1-11-9(6-10)8-4-3-5-12(2)7-8/h8-9,11H,3-5,7H2,1-2H3. The Bertz CT molecular complexity index is 173. The Morgan fingerprint density at radius 3 is 2.92 bits per heavy atom. The van der Waals surface area contributed by atoms with Crippen LogP contribution in [-0.4, -0.2) is 38.1 Å². The molecule has 0 aliphatic carbocycles. The summed E-state index contributed by atoms with van der Waals surface area (Å²) in [6.07, 6.45) is 2.41. The molecule has 0 saturated carbocycles. The molecule has 1 aliphatic rings. The van der Waals surface area contributed by atoms with Crippen molar-refractivity contribution in [2.45, 2.75) is 18.9 Å². The van der Waals surface area contributed by atoms with Crippen LogP contribution in [0.3, 0.4) is 0 Å². The molecular formula is C9H17N3. The molecule has 2 unspecified atom stereocenters. The van der Waals surface area contributed by atoms with Gasteiger partial charge in [-0.1, -0.05) is 0 Å². The van der Waals surface area contributed by atoms with E-state index in [9.17, 15) is 0 Å². The van der Waals surface area contributed by atoms with Crippen LogP contribution in [0, 0.1) is 17.2 Å². The van der Waals surface area contributed by atoms with E-state index >= 15 is 0 Å². The third-order valence-corrected chi connectivity index (χ3v) is 2.58. The summed E-state index contributed by atoms with van der Waals surface area (Å²) in [5.74, 6) is 0.513. The largest absolute Gasteiger partial charge is 0.306 e. The zero-order valence-corrected chi connectivity index (χ0v) is 7.88. The lowest BCUT2D eigenvalue weighted by molar-refractivity contribution is 0.192. The third kappa shape index (κ3) is 2.20. The van der Waals surface area contributed by atoms with Crippen LogP contribution in [0.4, 0.5) is 0 Å². The van der Waals surface area contributed by atoms with Crippen LogP contribution < -0.4 is 5.32 Å². The number of hydrogen-bond donors (Lipinski definition) is 1. The lowest BCUT2D eigenvalue weighted by atomic mass is 9.92. The Kier molecular flexibility index (Phi) is 3.51. The molecule has 0 spiro atoms. The summed E-state index contributed by atoms with van der Waals surface area (Å²) in [5.41, 5.74) is 0. The van der Waals surface area contributed by atoms with Gasteiger partial charge in [-0.3, -0.25) is 0 Å². The lowest BCUT2D eigenvalue weighted by Gasteiger charge is -2.31. The molecule has 1 aliphatic heterocycles. The molecule has 12 heavy (non-hydrogen) atoms. The van der Waals surface area contributed by atoms with E-state index in [2.05, 4.69) is 23.3 Å². The van der Waals surface area contributed by atoms with Crippen molar-refractivity contribution in [2.75, 3.05) is 27.2 Å². The topological polar surface area (TPSA) is 39.1 Å². The first-order valence-corrected chi connectivity index (χ1v) is 4.53. The molecule has 68 valence electrons. The molecule has 2 atom stereocenters. The van der Waals surface area contributed by atoms with Crippen LogP contribution in [0.15, 0.2) is 0 Å². The molecule has 3 heteroatoms. The van der Waals surface area contributed by atoms with E-state index < -0.39 is 0 Å². The van der Waals surface area contributed by atoms with E-state index in [-0.39, 0.29) is 6.04 Å². The monoisotopic (exact) mass is 167 g/mol. The van der Waals surface area contributed by atoms with Crippen LogP contribution >= 0.6 is 0 Å². The summed E-state index contributed by atoms with van der Waals surface area (Å²) in [4.78, 5) is 2.30. The molecule has 1 N–H and O–H groups in total. The number of piperidine rings is 1. The normalized spacial score (nSPS) is 27.9. The number of rotatable bonds is 2. The minimum Gasteiger partial charge on any atom is -0.306 e. The molecule has 0 aromatic rings. The average molecular weight is 167 g/mol. The van der Waals surface area contributed by atoms with E-state index in [0.717, 1.165) is 6.54 Å². The van der Waals surface area contributed by atoms with E-state index in [4.69, 9.17) is 5.26 Å². The van der Waals surface area contributed by atoms with Crippen LogP contribution in [0.25, 0.3) is 0 Å². The second-order valence-electron chi connectivity index (χ2n) is 3.56. The van der Waals surface area contributed by atoms with Gasteiger partial charge in [0.05, 0.1) is 12.1 Å². The lowest BCUT2D eigenvalue weighted by Crippen LogP contribution is -2.42. The minimum absolute atomic E-state index is 0.0350. The SMILES string of the molecule is CNC(C#N)C1CCCN(C)C1. The maximum absolute atomic E-state index is 8.83. The van der Waals surface area contributed by atoms with Gasteiger partial charge in [0.2, 0.25) is 0 Å². The summed E-state index contributed by atoms with van der Waals surface area (Å²) in [6, 6.07) is 2.34. The Morgan fingerprint density at radius 1 is 1.67 bits per heavy atom. The number of nitrogens with zero attached hydrogens (tertiary/aromatic N) is 2. The number of hydrogen-bond acceptors (Lipinski definition) is 3. The molecule has 1 fully saturated rings. The first-order chi connectivity index (χ1) is 5.77. The second kappa shape index (κ2) is 4.44. The van der Waals surface area contributed by atoms with Crippen molar-refractivity contribution in [2.24, 2.45) is 5.92 Å². The highest BCUT2D eigenvalue weighted by molar-refractivity contribution is 4.95. The zero-order chi connectivity index (χ0) is 8.97. The second-order valence-corrected chi connectivity index (χ2v) is 3.56. The average Bonchev–Trinajstić information content (AvgIpc) is 2.07. The smallest absolute Gasteiger partial charge is 0.0991 e. The van der Waals surface area contributed by atoms with Gasteiger partial charge in [-0.25, -0.2) is 0 Å². The van der Waals surface area contributed by atoms with Crippen LogP contribution in [0.1, 0.15) is 12.8 Å².